The fourth-order valence-electron chi connectivity index (χ4n) is 4.62. The third-order valence-electron chi connectivity index (χ3n) is 6.36. The zero-order valence-electron chi connectivity index (χ0n) is 19.2. The van der Waals surface area contributed by atoms with E-state index >= 15 is 0 Å². The normalized spacial score (nSPS) is 19.6. The fourth-order valence-corrected chi connectivity index (χ4v) is 4.62. The largest absolute Gasteiger partial charge is 0.493 e. The summed E-state index contributed by atoms with van der Waals surface area (Å²) in [4.78, 5) is 27.0. The van der Waals surface area contributed by atoms with E-state index in [9.17, 15) is 4.79 Å². The van der Waals surface area contributed by atoms with E-state index in [2.05, 4.69) is 43.6 Å². The van der Waals surface area contributed by atoms with E-state index in [0.717, 1.165) is 56.2 Å². The van der Waals surface area contributed by atoms with Crippen molar-refractivity contribution in [3.8, 4) is 17.3 Å². The van der Waals surface area contributed by atoms with Crippen molar-refractivity contribution in [3.05, 3.63) is 54.4 Å². The van der Waals surface area contributed by atoms with E-state index < -0.39 is 0 Å². The molecule has 8 heteroatoms. The predicted molar refractivity (Wildman–Crippen MR) is 129 cm³/mol. The van der Waals surface area contributed by atoms with Gasteiger partial charge in [-0.2, -0.15) is 0 Å². The van der Waals surface area contributed by atoms with Gasteiger partial charge in [-0.25, -0.2) is 9.97 Å². The van der Waals surface area contributed by atoms with Crippen LogP contribution < -0.4 is 15.0 Å². The Morgan fingerprint density at radius 1 is 1.12 bits per heavy atom. The van der Waals surface area contributed by atoms with Crippen molar-refractivity contribution in [1.29, 1.82) is 0 Å². The zero-order valence-corrected chi connectivity index (χ0v) is 19.2. The van der Waals surface area contributed by atoms with Crippen molar-refractivity contribution < 1.29 is 9.53 Å². The Morgan fingerprint density at radius 2 is 2.03 bits per heavy atom. The summed E-state index contributed by atoms with van der Waals surface area (Å²) >= 11 is 0. The number of anilines is 2. The molecule has 2 bridgehead atoms. The first kappa shape index (κ1) is 21.5. The lowest BCUT2D eigenvalue weighted by Crippen LogP contribution is -2.50. The average Bonchev–Trinajstić information content (AvgIpc) is 3.27. The molecule has 1 N–H and O–H groups in total. The summed E-state index contributed by atoms with van der Waals surface area (Å²) in [7, 11) is 2.15. The molecule has 33 heavy (non-hydrogen) atoms. The number of aryl methyl sites for hydroxylation is 1. The number of benzene rings is 1. The van der Waals surface area contributed by atoms with Gasteiger partial charge in [-0.3, -0.25) is 4.79 Å². The highest BCUT2D eigenvalue weighted by Crippen LogP contribution is 2.30. The molecule has 0 saturated carbocycles. The molecular formula is C25H30N6O2. The van der Waals surface area contributed by atoms with Gasteiger partial charge in [-0.05, 0) is 51.1 Å². The number of rotatable bonds is 1. The van der Waals surface area contributed by atoms with Gasteiger partial charge in [0.15, 0.2) is 5.82 Å². The van der Waals surface area contributed by atoms with Crippen molar-refractivity contribution in [2.24, 2.45) is 0 Å². The van der Waals surface area contributed by atoms with Gasteiger partial charge in [0.25, 0.3) is 5.91 Å². The first-order valence-electron chi connectivity index (χ1n) is 11.6. The topological polar surface area (TPSA) is 75.5 Å². The molecule has 1 fully saturated rings. The molecule has 3 aromatic rings. The van der Waals surface area contributed by atoms with Crippen LogP contribution in [0.2, 0.25) is 0 Å². The molecule has 1 atom stereocenters. The number of amides is 1. The number of fused-ring (bicyclic) bond motifs is 5. The van der Waals surface area contributed by atoms with Gasteiger partial charge in [0.1, 0.15) is 17.3 Å². The lowest BCUT2D eigenvalue weighted by atomic mass is 10.1. The zero-order chi connectivity index (χ0) is 22.8. The Labute approximate surface area is 194 Å². The second-order valence-corrected chi connectivity index (χ2v) is 8.85. The lowest BCUT2D eigenvalue weighted by molar-refractivity contribution is 0.102. The van der Waals surface area contributed by atoms with Crippen LogP contribution in [-0.4, -0.2) is 64.7 Å². The van der Waals surface area contributed by atoms with Crippen LogP contribution in [0.15, 0.2) is 48.8 Å². The summed E-state index contributed by atoms with van der Waals surface area (Å²) in [5.74, 6) is 1.68. The highest BCUT2D eigenvalue weighted by molar-refractivity contribution is 6.06. The number of likely N-dealkylation sites (N-methyl/N-ethyl adjacent to an activating group) is 1. The molecule has 2 aromatic heterocycles. The molecule has 5 rings (SSSR count). The van der Waals surface area contributed by atoms with Gasteiger partial charge in [-0.15, -0.1) is 0 Å². The minimum absolute atomic E-state index is 0.229. The van der Waals surface area contributed by atoms with E-state index in [1.165, 1.54) is 0 Å². The van der Waals surface area contributed by atoms with Crippen molar-refractivity contribution in [2.75, 3.05) is 43.5 Å². The standard InChI is InChI=1S/C25H30N6O2/c1-18-17-29(2)13-14-31(18)19-8-9-20-22(16-19)33-15-4-3-11-30-12-10-26-24(30)21-6-5-7-23(27-21)28-25(20)32/h5-10,12,16,18H,3-4,11,13-15,17H2,1-2H3,(H,27,28,32)/t18-/m1/s1. The summed E-state index contributed by atoms with van der Waals surface area (Å²) in [5.41, 5.74) is 2.35. The Morgan fingerprint density at radius 3 is 2.91 bits per heavy atom. The summed E-state index contributed by atoms with van der Waals surface area (Å²) < 4.78 is 8.27. The Hall–Kier alpha value is -3.39. The quantitative estimate of drug-likeness (QED) is 0.617. The van der Waals surface area contributed by atoms with E-state index in [0.29, 0.717) is 29.8 Å². The minimum Gasteiger partial charge on any atom is -0.493 e. The molecule has 0 radical (unpaired) electrons. The van der Waals surface area contributed by atoms with E-state index in [1.807, 2.05) is 36.5 Å². The van der Waals surface area contributed by atoms with E-state index in [4.69, 9.17) is 4.74 Å². The molecule has 8 nitrogen and oxygen atoms in total. The summed E-state index contributed by atoms with van der Waals surface area (Å²) in [6.07, 6.45) is 5.57. The van der Waals surface area contributed by atoms with Gasteiger partial charge in [0.05, 0.1) is 12.2 Å². The number of nitrogens with zero attached hydrogens (tertiary/aromatic N) is 5. The second kappa shape index (κ2) is 9.23. The van der Waals surface area contributed by atoms with Crippen LogP contribution in [-0.2, 0) is 6.54 Å². The van der Waals surface area contributed by atoms with Crippen LogP contribution in [0.4, 0.5) is 11.5 Å². The maximum atomic E-state index is 13.2. The molecule has 172 valence electrons. The maximum Gasteiger partial charge on any atom is 0.260 e. The first-order valence-corrected chi connectivity index (χ1v) is 11.6. The molecule has 2 aliphatic rings. The van der Waals surface area contributed by atoms with Crippen LogP contribution in [0.3, 0.4) is 0 Å². The fraction of sp³-hybridized carbons (Fsp3) is 0.400. The van der Waals surface area contributed by atoms with Crippen molar-refractivity contribution in [2.45, 2.75) is 32.4 Å². The van der Waals surface area contributed by atoms with Crippen LogP contribution >= 0.6 is 0 Å². The van der Waals surface area contributed by atoms with Gasteiger partial charge in [0.2, 0.25) is 0 Å². The number of imidazole rings is 1. The third kappa shape index (κ3) is 4.57. The molecule has 2 aliphatic heterocycles. The molecule has 4 heterocycles. The van der Waals surface area contributed by atoms with Gasteiger partial charge in [0, 0.05) is 56.4 Å². The van der Waals surface area contributed by atoms with Gasteiger partial charge >= 0.3 is 0 Å². The highest BCUT2D eigenvalue weighted by Gasteiger charge is 2.24. The number of aromatic nitrogens is 3. The Bertz CT molecular complexity index is 1140. The molecule has 1 saturated heterocycles. The van der Waals surface area contributed by atoms with E-state index in [-0.39, 0.29) is 5.91 Å². The van der Waals surface area contributed by atoms with Crippen LogP contribution in [0.25, 0.3) is 11.5 Å². The number of pyridine rings is 1. The molecule has 0 spiro atoms. The van der Waals surface area contributed by atoms with Crippen molar-refractivity contribution in [1.82, 2.24) is 19.4 Å². The smallest absolute Gasteiger partial charge is 0.260 e. The number of nitrogens with one attached hydrogen (secondary N) is 1. The maximum absolute atomic E-state index is 13.2. The van der Waals surface area contributed by atoms with Crippen LogP contribution in [0, 0.1) is 0 Å². The van der Waals surface area contributed by atoms with Crippen LogP contribution in [0.5, 0.6) is 5.75 Å². The summed E-state index contributed by atoms with van der Waals surface area (Å²) in [6.45, 7) is 6.60. The second-order valence-electron chi connectivity index (χ2n) is 8.85. The van der Waals surface area contributed by atoms with Gasteiger partial charge in [-0.1, -0.05) is 6.07 Å². The van der Waals surface area contributed by atoms with Crippen molar-refractivity contribution >= 4 is 17.4 Å². The summed E-state index contributed by atoms with van der Waals surface area (Å²) in [5, 5.41) is 2.94. The monoisotopic (exact) mass is 446 g/mol. The first-order chi connectivity index (χ1) is 16.1. The minimum atomic E-state index is -0.229. The third-order valence-corrected chi connectivity index (χ3v) is 6.36. The molecular weight excluding hydrogens is 416 g/mol. The molecule has 0 unspecified atom stereocenters. The number of ether oxygens (including phenoxy) is 1. The van der Waals surface area contributed by atoms with Crippen LogP contribution in [0.1, 0.15) is 30.1 Å². The highest BCUT2D eigenvalue weighted by atomic mass is 16.5. The predicted octanol–water partition coefficient (Wildman–Crippen LogP) is 3.51. The van der Waals surface area contributed by atoms with Gasteiger partial charge < -0.3 is 24.4 Å². The average molecular weight is 447 g/mol. The molecule has 1 amide bonds. The molecule has 0 aliphatic carbocycles. The SMILES string of the molecule is C[C@@H]1CN(C)CCN1c1ccc2c(c1)OCCCCn1ccnc1-c1cccc(n1)NC2=O. The number of carbonyl (C=O) groups is 1. The number of hydrogen-bond donors (Lipinski definition) is 1. The number of hydrogen-bond acceptors (Lipinski definition) is 6. The number of piperazine rings is 1. The summed E-state index contributed by atoms with van der Waals surface area (Å²) in [6, 6.07) is 11.9. The Balaban J connectivity index is 1.46. The molecule has 1 aromatic carbocycles. The van der Waals surface area contributed by atoms with Crippen molar-refractivity contribution in [3.63, 3.8) is 0 Å². The Kier molecular flexibility index (Phi) is 6.00. The van der Waals surface area contributed by atoms with E-state index in [1.54, 1.807) is 12.3 Å². The number of carbonyl (C=O) groups excluding carboxylic acids is 1. The lowest BCUT2D eigenvalue weighted by Gasteiger charge is -2.40.